The molecule has 100 valence electrons. The number of morpholine rings is 1. The van der Waals surface area contributed by atoms with Crippen LogP contribution in [0.4, 0.5) is 0 Å². The molecule has 1 aliphatic rings. The summed E-state index contributed by atoms with van der Waals surface area (Å²) in [6.45, 7) is 4.72. The molecule has 0 saturated carbocycles. The molecule has 2 rings (SSSR count). The molecule has 0 amide bonds. The van der Waals surface area contributed by atoms with Crippen molar-refractivity contribution in [2.45, 2.75) is 25.3 Å². The van der Waals surface area contributed by atoms with Gasteiger partial charge in [-0.3, -0.25) is 0 Å². The molecule has 1 aliphatic heterocycles. The Bertz CT molecular complexity index is 403. The molecule has 4 heteroatoms. The zero-order valence-electron chi connectivity index (χ0n) is 11.0. The Morgan fingerprint density at radius 2 is 2.33 bits per heavy atom. The second-order valence-electron chi connectivity index (χ2n) is 5.01. The minimum atomic E-state index is 0.0741. The summed E-state index contributed by atoms with van der Waals surface area (Å²) in [7, 11) is 1.63. The van der Waals surface area contributed by atoms with Gasteiger partial charge in [-0.1, -0.05) is 17.7 Å². The lowest BCUT2D eigenvalue weighted by atomic mass is 9.93. The van der Waals surface area contributed by atoms with Gasteiger partial charge in [-0.25, -0.2) is 0 Å². The number of hydrogen-bond acceptors (Lipinski definition) is 3. The second-order valence-corrected chi connectivity index (χ2v) is 5.42. The monoisotopic (exact) mass is 269 g/mol. The van der Waals surface area contributed by atoms with E-state index in [0.717, 1.165) is 38.3 Å². The molecule has 0 radical (unpaired) electrons. The summed E-state index contributed by atoms with van der Waals surface area (Å²) in [6.07, 6.45) is 2.02. The van der Waals surface area contributed by atoms with E-state index in [4.69, 9.17) is 21.1 Å². The minimum absolute atomic E-state index is 0.0741. The largest absolute Gasteiger partial charge is 0.495 e. The molecule has 1 saturated heterocycles. The Balaban J connectivity index is 1.95. The van der Waals surface area contributed by atoms with Gasteiger partial charge in [0, 0.05) is 12.1 Å². The number of aryl methyl sites for hydroxylation is 1. The first-order valence-corrected chi connectivity index (χ1v) is 6.66. The Morgan fingerprint density at radius 3 is 2.94 bits per heavy atom. The van der Waals surface area contributed by atoms with Crippen LogP contribution >= 0.6 is 11.6 Å². The van der Waals surface area contributed by atoms with Crippen LogP contribution in [0, 0.1) is 0 Å². The first-order chi connectivity index (χ1) is 8.63. The summed E-state index contributed by atoms with van der Waals surface area (Å²) in [6, 6.07) is 5.97. The smallest absolute Gasteiger partial charge is 0.137 e. The Labute approximate surface area is 113 Å². The van der Waals surface area contributed by atoms with Gasteiger partial charge in [0.05, 0.1) is 25.3 Å². The van der Waals surface area contributed by atoms with Crippen LogP contribution in [0.2, 0.25) is 5.02 Å². The highest BCUT2D eigenvalue weighted by atomic mass is 35.5. The normalized spacial score (nSPS) is 23.9. The standard InChI is InChI=1S/C14H20ClNO2/c1-14(10-18-8-7-16-14)6-5-11-3-4-13(17-2)12(15)9-11/h3-4,9,16H,5-8,10H2,1-2H3. The zero-order valence-corrected chi connectivity index (χ0v) is 11.7. The van der Waals surface area contributed by atoms with Crippen molar-refractivity contribution < 1.29 is 9.47 Å². The summed E-state index contributed by atoms with van der Waals surface area (Å²) in [4.78, 5) is 0. The number of benzene rings is 1. The maximum absolute atomic E-state index is 6.12. The van der Waals surface area contributed by atoms with E-state index < -0.39 is 0 Å². The number of halogens is 1. The van der Waals surface area contributed by atoms with Crippen LogP contribution in [0.25, 0.3) is 0 Å². The highest BCUT2D eigenvalue weighted by Crippen LogP contribution is 2.26. The number of ether oxygens (including phenoxy) is 2. The summed E-state index contributed by atoms with van der Waals surface area (Å²) in [5.41, 5.74) is 1.30. The predicted molar refractivity (Wildman–Crippen MR) is 73.6 cm³/mol. The summed E-state index contributed by atoms with van der Waals surface area (Å²) < 4.78 is 10.7. The molecule has 0 aliphatic carbocycles. The van der Waals surface area contributed by atoms with Crippen molar-refractivity contribution in [1.29, 1.82) is 0 Å². The molecule has 3 nitrogen and oxygen atoms in total. The molecule has 1 aromatic rings. The highest BCUT2D eigenvalue weighted by Gasteiger charge is 2.26. The van der Waals surface area contributed by atoms with Crippen LogP contribution in [-0.4, -0.2) is 32.4 Å². The third kappa shape index (κ3) is 3.37. The molecule has 0 spiro atoms. The lowest BCUT2D eigenvalue weighted by molar-refractivity contribution is 0.0318. The fourth-order valence-corrected chi connectivity index (χ4v) is 2.50. The fraction of sp³-hybridized carbons (Fsp3) is 0.571. The van der Waals surface area contributed by atoms with Gasteiger partial charge in [0.25, 0.3) is 0 Å². The van der Waals surface area contributed by atoms with E-state index in [-0.39, 0.29) is 5.54 Å². The zero-order chi connectivity index (χ0) is 13.0. The minimum Gasteiger partial charge on any atom is -0.495 e. The van der Waals surface area contributed by atoms with Crippen molar-refractivity contribution in [3.8, 4) is 5.75 Å². The molecule has 18 heavy (non-hydrogen) atoms. The van der Waals surface area contributed by atoms with Crippen molar-refractivity contribution in [1.82, 2.24) is 5.32 Å². The van der Waals surface area contributed by atoms with E-state index in [0.29, 0.717) is 5.02 Å². The molecule has 1 atom stereocenters. The van der Waals surface area contributed by atoms with Gasteiger partial charge < -0.3 is 14.8 Å². The third-order valence-electron chi connectivity index (χ3n) is 3.40. The van der Waals surface area contributed by atoms with Crippen LogP contribution in [-0.2, 0) is 11.2 Å². The fourth-order valence-electron chi connectivity index (χ4n) is 2.22. The Hall–Kier alpha value is -0.770. The van der Waals surface area contributed by atoms with Gasteiger partial charge in [0.2, 0.25) is 0 Å². The van der Waals surface area contributed by atoms with Crippen molar-refractivity contribution in [3.63, 3.8) is 0 Å². The molecule has 1 N–H and O–H groups in total. The Morgan fingerprint density at radius 1 is 1.50 bits per heavy atom. The maximum Gasteiger partial charge on any atom is 0.137 e. The van der Waals surface area contributed by atoms with Crippen LogP contribution in [0.5, 0.6) is 5.75 Å². The molecular formula is C14H20ClNO2. The van der Waals surface area contributed by atoms with Crippen LogP contribution < -0.4 is 10.1 Å². The van der Waals surface area contributed by atoms with Crippen molar-refractivity contribution >= 4 is 11.6 Å². The first kappa shape index (κ1) is 13.7. The Kier molecular flexibility index (Phi) is 4.49. The van der Waals surface area contributed by atoms with E-state index in [1.54, 1.807) is 7.11 Å². The molecule has 1 heterocycles. The van der Waals surface area contributed by atoms with Gasteiger partial charge in [-0.15, -0.1) is 0 Å². The summed E-state index contributed by atoms with van der Waals surface area (Å²) >= 11 is 6.12. The molecule has 1 unspecified atom stereocenters. The van der Waals surface area contributed by atoms with Crippen LogP contribution in [0.3, 0.4) is 0 Å². The van der Waals surface area contributed by atoms with Gasteiger partial charge in [-0.05, 0) is 37.5 Å². The lowest BCUT2D eigenvalue weighted by Crippen LogP contribution is -2.52. The van der Waals surface area contributed by atoms with Crippen molar-refractivity contribution in [3.05, 3.63) is 28.8 Å². The molecule has 1 aromatic carbocycles. The number of rotatable bonds is 4. The molecular weight excluding hydrogens is 250 g/mol. The van der Waals surface area contributed by atoms with E-state index in [1.165, 1.54) is 5.56 Å². The quantitative estimate of drug-likeness (QED) is 0.912. The van der Waals surface area contributed by atoms with Gasteiger partial charge >= 0.3 is 0 Å². The van der Waals surface area contributed by atoms with Crippen LogP contribution in [0.1, 0.15) is 18.9 Å². The first-order valence-electron chi connectivity index (χ1n) is 6.28. The number of nitrogens with one attached hydrogen (secondary N) is 1. The lowest BCUT2D eigenvalue weighted by Gasteiger charge is -2.35. The number of hydrogen-bond donors (Lipinski definition) is 1. The van der Waals surface area contributed by atoms with E-state index in [9.17, 15) is 0 Å². The van der Waals surface area contributed by atoms with Gasteiger partial charge in [0.15, 0.2) is 0 Å². The molecule has 1 fully saturated rings. The van der Waals surface area contributed by atoms with E-state index in [1.807, 2.05) is 12.1 Å². The van der Waals surface area contributed by atoms with Crippen LogP contribution in [0.15, 0.2) is 18.2 Å². The summed E-state index contributed by atoms with van der Waals surface area (Å²) in [5.74, 6) is 0.728. The average Bonchev–Trinajstić information content (AvgIpc) is 2.38. The molecule has 0 aromatic heterocycles. The SMILES string of the molecule is COc1ccc(CCC2(C)COCCN2)cc1Cl. The van der Waals surface area contributed by atoms with Gasteiger partial charge in [-0.2, -0.15) is 0 Å². The second kappa shape index (κ2) is 5.91. The average molecular weight is 270 g/mol. The predicted octanol–water partition coefficient (Wildman–Crippen LogP) is 2.66. The van der Waals surface area contributed by atoms with E-state index >= 15 is 0 Å². The highest BCUT2D eigenvalue weighted by molar-refractivity contribution is 6.32. The topological polar surface area (TPSA) is 30.5 Å². The maximum atomic E-state index is 6.12. The van der Waals surface area contributed by atoms with E-state index in [2.05, 4.69) is 18.3 Å². The third-order valence-corrected chi connectivity index (χ3v) is 3.70. The molecule has 0 bridgehead atoms. The summed E-state index contributed by atoms with van der Waals surface area (Å²) in [5, 5.41) is 4.19. The van der Waals surface area contributed by atoms with Crippen molar-refractivity contribution in [2.75, 3.05) is 26.9 Å². The van der Waals surface area contributed by atoms with Gasteiger partial charge in [0.1, 0.15) is 5.75 Å². The number of methoxy groups -OCH3 is 1. The van der Waals surface area contributed by atoms with Crippen molar-refractivity contribution in [2.24, 2.45) is 0 Å².